The number of ether oxygens (including phenoxy) is 2. The lowest BCUT2D eigenvalue weighted by molar-refractivity contribution is 0.102. The number of para-hydroxylation sites is 3. The number of anilines is 2. The summed E-state index contributed by atoms with van der Waals surface area (Å²) in [7, 11) is 0. The van der Waals surface area contributed by atoms with Crippen LogP contribution in [0, 0.1) is 0 Å². The molecule has 1 aromatic heterocycles. The molecule has 1 saturated heterocycles. The predicted molar refractivity (Wildman–Crippen MR) is 106 cm³/mol. The Hall–Kier alpha value is -3.45. The van der Waals surface area contributed by atoms with Gasteiger partial charge in [-0.15, -0.1) is 0 Å². The predicted octanol–water partition coefficient (Wildman–Crippen LogP) is 3.36. The quantitative estimate of drug-likeness (QED) is 0.736. The number of rotatable bonds is 5. The van der Waals surface area contributed by atoms with Crippen molar-refractivity contribution in [2.24, 2.45) is 0 Å². The lowest BCUT2D eigenvalue weighted by Crippen LogP contribution is -2.37. The fourth-order valence-electron chi connectivity index (χ4n) is 2.83. The van der Waals surface area contributed by atoms with E-state index in [0.717, 1.165) is 13.1 Å². The number of hydrogen-bond acceptors (Lipinski definition) is 6. The number of hydrogen-bond donors (Lipinski definition) is 1. The van der Waals surface area contributed by atoms with Crippen LogP contribution in [0.5, 0.6) is 11.5 Å². The minimum atomic E-state index is -0.294. The second-order valence-corrected chi connectivity index (χ2v) is 6.24. The van der Waals surface area contributed by atoms with E-state index in [2.05, 4.69) is 15.3 Å². The zero-order valence-electron chi connectivity index (χ0n) is 15.2. The highest BCUT2D eigenvalue weighted by Crippen LogP contribution is 2.29. The van der Waals surface area contributed by atoms with E-state index in [9.17, 15) is 4.79 Å². The summed E-state index contributed by atoms with van der Waals surface area (Å²) in [6.07, 6.45) is 3.07. The van der Waals surface area contributed by atoms with E-state index in [-0.39, 0.29) is 5.91 Å². The lowest BCUT2D eigenvalue weighted by atomic mass is 10.2. The molecule has 0 unspecified atom stereocenters. The van der Waals surface area contributed by atoms with Crippen LogP contribution in [0.1, 0.15) is 10.4 Å². The molecule has 4 rings (SSSR count). The van der Waals surface area contributed by atoms with Crippen LogP contribution in [0.2, 0.25) is 0 Å². The number of carbonyl (C=O) groups excluding carboxylic acids is 1. The molecule has 2 aromatic carbocycles. The largest absolute Gasteiger partial charge is 0.455 e. The minimum Gasteiger partial charge on any atom is -0.455 e. The highest BCUT2D eigenvalue weighted by Gasteiger charge is 2.15. The number of benzene rings is 2. The first-order valence-corrected chi connectivity index (χ1v) is 9.07. The van der Waals surface area contributed by atoms with Gasteiger partial charge < -0.3 is 19.7 Å². The van der Waals surface area contributed by atoms with Gasteiger partial charge in [0.2, 0.25) is 5.95 Å². The molecule has 0 radical (unpaired) electrons. The maximum atomic E-state index is 12.6. The summed E-state index contributed by atoms with van der Waals surface area (Å²) < 4.78 is 11.2. The summed E-state index contributed by atoms with van der Waals surface area (Å²) in [6.45, 7) is 2.80. The Morgan fingerprint density at radius 2 is 1.64 bits per heavy atom. The Bertz CT molecular complexity index is 926. The van der Waals surface area contributed by atoms with E-state index < -0.39 is 0 Å². The van der Waals surface area contributed by atoms with Crippen LogP contribution >= 0.6 is 0 Å². The molecule has 0 saturated carbocycles. The lowest BCUT2D eigenvalue weighted by Gasteiger charge is -2.26. The highest BCUT2D eigenvalue weighted by atomic mass is 16.5. The molecule has 7 nitrogen and oxygen atoms in total. The minimum absolute atomic E-state index is 0.294. The monoisotopic (exact) mass is 376 g/mol. The van der Waals surface area contributed by atoms with Gasteiger partial charge in [0.1, 0.15) is 5.75 Å². The van der Waals surface area contributed by atoms with Gasteiger partial charge in [-0.3, -0.25) is 4.79 Å². The highest BCUT2D eigenvalue weighted by molar-refractivity contribution is 6.04. The van der Waals surface area contributed by atoms with Crippen LogP contribution < -0.4 is 15.0 Å². The van der Waals surface area contributed by atoms with Gasteiger partial charge in [0.25, 0.3) is 5.91 Å². The van der Waals surface area contributed by atoms with Crippen LogP contribution in [0.3, 0.4) is 0 Å². The zero-order valence-corrected chi connectivity index (χ0v) is 15.2. The number of morpholine rings is 1. The Balaban J connectivity index is 1.46. The first-order valence-electron chi connectivity index (χ1n) is 9.07. The van der Waals surface area contributed by atoms with Gasteiger partial charge in [-0.2, -0.15) is 0 Å². The molecule has 28 heavy (non-hydrogen) atoms. The average molecular weight is 376 g/mol. The molecule has 0 aliphatic carbocycles. The Kier molecular flexibility index (Phi) is 5.44. The summed E-state index contributed by atoms with van der Waals surface area (Å²) >= 11 is 0. The summed E-state index contributed by atoms with van der Waals surface area (Å²) in [6, 6.07) is 16.7. The first-order chi connectivity index (χ1) is 13.8. The van der Waals surface area contributed by atoms with Crippen molar-refractivity contribution in [2.75, 3.05) is 36.5 Å². The smallest absolute Gasteiger partial charge is 0.258 e. The molecule has 142 valence electrons. The first kappa shape index (κ1) is 17.9. The van der Waals surface area contributed by atoms with Crippen molar-refractivity contribution < 1.29 is 14.3 Å². The second kappa shape index (κ2) is 8.49. The number of carbonyl (C=O) groups is 1. The number of aromatic nitrogens is 2. The molecule has 1 amide bonds. The average Bonchev–Trinajstić information content (AvgIpc) is 2.76. The van der Waals surface area contributed by atoms with E-state index in [1.165, 1.54) is 12.4 Å². The van der Waals surface area contributed by atoms with Crippen molar-refractivity contribution in [2.45, 2.75) is 0 Å². The molecule has 0 spiro atoms. The molecule has 7 heteroatoms. The van der Waals surface area contributed by atoms with Gasteiger partial charge >= 0.3 is 0 Å². The van der Waals surface area contributed by atoms with Crippen molar-refractivity contribution >= 4 is 17.5 Å². The van der Waals surface area contributed by atoms with Gasteiger partial charge in [0.05, 0.1) is 24.5 Å². The molecular formula is C21H20N4O3. The molecule has 3 aromatic rings. The van der Waals surface area contributed by atoms with Gasteiger partial charge in [-0.1, -0.05) is 30.3 Å². The molecular weight excluding hydrogens is 356 g/mol. The van der Waals surface area contributed by atoms with Crippen molar-refractivity contribution in [1.29, 1.82) is 0 Å². The number of nitrogens with zero attached hydrogens (tertiary/aromatic N) is 3. The maximum absolute atomic E-state index is 12.6. The van der Waals surface area contributed by atoms with Gasteiger partial charge in [0, 0.05) is 25.5 Å². The number of amides is 1. The molecule has 1 aliphatic rings. The van der Waals surface area contributed by atoms with Crippen molar-refractivity contribution in [1.82, 2.24) is 9.97 Å². The van der Waals surface area contributed by atoms with E-state index in [4.69, 9.17) is 9.47 Å². The summed E-state index contributed by atoms with van der Waals surface area (Å²) in [5.41, 5.74) is 0.958. The van der Waals surface area contributed by atoms with Gasteiger partial charge in [0.15, 0.2) is 5.75 Å². The molecule has 0 bridgehead atoms. The van der Waals surface area contributed by atoms with Crippen molar-refractivity contribution in [3.8, 4) is 11.5 Å². The Labute approximate surface area is 163 Å². The molecule has 1 fully saturated rings. The van der Waals surface area contributed by atoms with Gasteiger partial charge in [-0.05, 0) is 24.3 Å². The van der Waals surface area contributed by atoms with E-state index in [1.807, 2.05) is 47.4 Å². The normalized spacial score (nSPS) is 13.8. The molecule has 0 atom stereocenters. The fourth-order valence-corrected chi connectivity index (χ4v) is 2.83. The van der Waals surface area contributed by atoms with Crippen molar-refractivity contribution in [3.05, 3.63) is 72.6 Å². The third-order valence-corrected chi connectivity index (χ3v) is 4.30. The summed E-state index contributed by atoms with van der Waals surface area (Å²) in [5.74, 6) is 1.57. The fraction of sp³-hybridized carbons (Fsp3) is 0.190. The summed E-state index contributed by atoms with van der Waals surface area (Å²) in [5, 5.41) is 2.87. The SMILES string of the molecule is O=C(Nc1ccccc1Oc1ccccc1)c1cnc(N2CCOCC2)nc1. The number of nitrogens with one attached hydrogen (secondary N) is 1. The van der Waals surface area contributed by atoms with E-state index >= 15 is 0 Å². The van der Waals surface area contributed by atoms with Gasteiger partial charge in [-0.25, -0.2) is 9.97 Å². The van der Waals surface area contributed by atoms with E-state index in [1.54, 1.807) is 12.1 Å². The second-order valence-electron chi connectivity index (χ2n) is 6.24. The third-order valence-electron chi connectivity index (χ3n) is 4.30. The standard InChI is InChI=1S/C21H20N4O3/c26-20(16-14-22-21(23-15-16)25-10-12-27-13-11-25)24-18-8-4-5-9-19(18)28-17-6-2-1-3-7-17/h1-9,14-15H,10-13H2,(H,24,26). The molecule has 1 aliphatic heterocycles. The zero-order chi connectivity index (χ0) is 19.2. The van der Waals surface area contributed by atoms with Crippen molar-refractivity contribution in [3.63, 3.8) is 0 Å². The Morgan fingerprint density at radius 1 is 0.964 bits per heavy atom. The van der Waals surface area contributed by atoms with Crippen LogP contribution in [0.25, 0.3) is 0 Å². The van der Waals surface area contributed by atoms with Crippen LogP contribution in [-0.4, -0.2) is 42.2 Å². The molecule has 2 heterocycles. The van der Waals surface area contributed by atoms with Crippen LogP contribution in [0.15, 0.2) is 67.0 Å². The third kappa shape index (κ3) is 4.27. The molecule has 1 N–H and O–H groups in total. The Morgan fingerprint density at radius 3 is 2.39 bits per heavy atom. The topological polar surface area (TPSA) is 76.6 Å². The van der Waals surface area contributed by atoms with Crippen LogP contribution in [0.4, 0.5) is 11.6 Å². The van der Waals surface area contributed by atoms with E-state index in [0.29, 0.717) is 41.9 Å². The maximum Gasteiger partial charge on any atom is 0.258 e. The van der Waals surface area contributed by atoms with Crippen LogP contribution in [-0.2, 0) is 4.74 Å². The summed E-state index contributed by atoms with van der Waals surface area (Å²) in [4.78, 5) is 23.3.